The van der Waals surface area contributed by atoms with E-state index in [0.717, 1.165) is 56.0 Å². The normalized spacial score (nSPS) is 15.2. The number of morpholine rings is 2. The highest BCUT2D eigenvalue weighted by Gasteiger charge is 2.30. The fraction of sp³-hybridized carbons (Fsp3) is 0.343. The maximum atomic E-state index is 13.5. The first-order valence-corrected chi connectivity index (χ1v) is 31.2. The summed E-state index contributed by atoms with van der Waals surface area (Å²) in [5.74, 6) is 13.9. The summed E-state index contributed by atoms with van der Waals surface area (Å²) in [5.41, 5.74) is 15.1. The van der Waals surface area contributed by atoms with Crippen LogP contribution >= 0.6 is 0 Å². The Morgan fingerprint density at radius 2 is 0.683 bits per heavy atom. The molecular weight excluding hydrogens is 1060 g/mol. The van der Waals surface area contributed by atoms with Gasteiger partial charge in [-0.25, -0.2) is 16.8 Å². The number of benzene rings is 6. The van der Waals surface area contributed by atoms with Gasteiger partial charge in [0, 0.05) is 70.9 Å². The Bertz CT molecular complexity index is 3740. The number of sulfonamides is 2. The second kappa shape index (κ2) is 22.3. The molecule has 0 aliphatic carbocycles. The van der Waals surface area contributed by atoms with Crippen LogP contribution in [-0.2, 0) is 51.2 Å². The molecule has 12 heteroatoms. The van der Waals surface area contributed by atoms with Crippen molar-refractivity contribution in [2.24, 2.45) is 0 Å². The molecule has 2 fully saturated rings. The van der Waals surface area contributed by atoms with E-state index < -0.39 is 20.0 Å². The van der Waals surface area contributed by atoms with Crippen molar-refractivity contribution >= 4 is 31.1 Å². The zero-order valence-corrected chi connectivity index (χ0v) is 51.2. The standard InChI is InChI=1S/C70H76N4O6S2/c1-67(2,3)53-41-54(68(4,5)6)44-57(43-53)73-63(61-19-15-13-17-51(61)27-21-49-23-29-59(30-24-49)81(75,76)71-33-37-79-38-34-71)47-66-65(73)48-64(74(66)58-45-55(69(7,8)9)42-56(46-58)70(10,11)12)62-20-16-14-18-52(62)28-22-50-25-31-60(32-26-50)82(77,78)72-35-39-80-40-36-72/h13-20,23-26,29-32,41-48H,33-40H2,1-12H3. The Balaban J connectivity index is 1.20. The zero-order chi connectivity index (χ0) is 58.6. The molecule has 0 radical (unpaired) electrons. The van der Waals surface area contributed by atoms with Gasteiger partial charge in [0.15, 0.2) is 0 Å². The number of aromatic nitrogens is 2. The molecular formula is C70H76N4O6S2. The second-order valence-corrected chi connectivity index (χ2v) is 29.6. The van der Waals surface area contributed by atoms with E-state index in [1.54, 1.807) is 48.5 Å². The number of hydrogen-bond acceptors (Lipinski definition) is 6. The smallest absolute Gasteiger partial charge is 0.243 e. The lowest BCUT2D eigenvalue weighted by atomic mass is 9.80. The topological polar surface area (TPSA) is 103 Å². The van der Waals surface area contributed by atoms with Gasteiger partial charge in [0.05, 0.1) is 58.6 Å². The van der Waals surface area contributed by atoms with Gasteiger partial charge >= 0.3 is 0 Å². The fourth-order valence-electron chi connectivity index (χ4n) is 10.5. The molecule has 0 saturated carbocycles. The molecule has 2 aliphatic heterocycles. The number of hydrogen-bond donors (Lipinski definition) is 0. The van der Waals surface area contributed by atoms with Gasteiger partial charge in [0.1, 0.15) is 0 Å². The van der Waals surface area contributed by atoms with Crippen molar-refractivity contribution in [3.05, 3.63) is 190 Å². The van der Waals surface area contributed by atoms with E-state index >= 15 is 0 Å². The minimum atomic E-state index is -3.67. The van der Waals surface area contributed by atoms with Gasteiger partial charge in [-0.3, -0.25) is 0 Å². The maximum absolute atomic E-state index is 13.5. The van der Waals surface area contributed by atoms with Gasteiger partial charge in [-0.2, -0.15) is 8.61 Å². The van der Waals surface area contributed by atoms with Crippen LogP contribution in [0.2, 0.25) is 0 Å². The Morgan fingerprint density at radius 1 is 0.378 bits per heavy atom. The van der Waals surface area contributed by atoms with E-state index in [9.17, 15) is 16.8 Å². The largest absolute Gasteiger partial charge is 0.379 e. The van der Waals surface area contributed by atoms with Gasteiger partial charge in [-0.1, -0.05) is 155 Å². The summed E-state index contributed by atoms with van der Waals surface area (Å²) in [5, 5.41) is 0. The quantitative estimate of drug-likeness (QED) is 0.140. The summed E-state index contributed by atoms with van der Waals surface area (Å²) in [4.78, 5) is 0.470. The average molecular weight is 1130 g/mol. The van der Waals surface area contributed by atoms with Crippen LogP contribution < -0.4 is 0 Å². The Labute approximate surface area is 487 Å². The van der Waals surface area contributed by atoms with E-state index in [1.165, 1.54) is 30.9 Å². The molecule has 424 valence electrons. The van der Waals surface area contributed by atoms with Crippen molar-refractivity contribution < 1.29 is 26.3 Å². The van der Waals surface area contributed by atoms with Crippen molar-refractivity contribution in [3.8, 4) is 57.6 Å². The highest BCUT2D eigenvalue weighted by molar-refractivity contribution is 7.89. The van der Waals surface area contributed by atoms with E-state index in [2.05, 4.69) is 201 Å². The summed E-state index contributed by atoms with van der Waals surface area (Å²) in [6.45, 7) is 30.0. The lowest BCUT2D eigenvalue weighted by molar-refractivity contribution is 0.0730. The Morgan fingerprint density at radius 3 is 0.988 bits per heavy atom. The molecule has 0 N–H and O–H groups in total. The summed E-state index contributed by atoms with van der Waals surface area (Å²) in [6, 6.07) is 49.0. The third-order valence-corrected chi connectivity index (χ3v) is 19.4. The molecule has 6 aromatic carbocycles. The summed E-state index contributed by atoms with van der Waals surface area (Å²) in [7, 11) is -7.34. The molecule has 10 nitrogen and oxygen atoms in total. The van der Waals surface area contributed by atoms with Gasteiger partial charge in [-0.15, -0.1) is 0 Å². The lowest BCUT2D eigenvalue weighted by Crippen LogP contribution is -2.40. The Hall–Kier alpha value is -7.00. The van der Waals surface area contributed by atoms with Crippen molar-refractivity contribution in [1.82, 2.24) is 17.7 Å². The third-order valence-electron chi connectivity index (χ3n) is 15.6. The highest BCUT2D eigenvalue weighted by Crippen LogP contribution is 2.43. The van der Waals surface area contributed by atoms with Crippen LogP contribution in [0.1, 0.15) is 128 Å². The molecule has 4 heterocycles. The van der Waals surface area contributed by atoms with Gasteiger partial charge < -0.3 is 18.6 Å². The van der Waals surface area contributed by atoms with E-state index in [4.69, 9.17) is 9.47 Å². The molecule has 0 spiro atoms. The van der Waals surface area contributed by atoms with Gasteiger partial charge in [0.25, 0.3) is 0 Å². The fourth-order valence-corrected chi connectivity index (χ4v) is 13.3. The summed E-state index contributed by atoms with van der Waals surface area (Å²) < 4.78 is 72.8. The summed E-state index contributed by atoms with van der Waals surface area (Å²) in [6.07, 6.45) is 0. The minimum Gasteiger partial charge on any atom is -0.379 e. The van der Waals surface area contributed by atoms with E-state index in [0.29, 0.717) is 63.7 Å². The first kappa shape index (κ1) is 58.2. The molecule has 0 bridgehead atoms. The first-order valence-electron chi connectivity index (χ1n) is 28.4. The molecule has 2 saturated heterocycles. The van der Waals surface area contributed by atoms with Crippen LogP contribution in [0.15, 0.2) is 155 Å². The van der Waals surface area contributed by atoms with Gasteiger partial charge in [0.2, 0.25) is 20.0 Å². The monoisotopic (exact) mass is 1130 g/mol. The molecule has 0 amide bonds. The van der Waals surface area contributed by atoms with Crippen molar-refractivity contribution in [2.45, 2.75) is 115 Å². The number of rotatable bonds is 8. The van der Waals surface area contributed by atoms with Crippen molar-refractivity contribution in [2.75, 3.05) is 52.6 Å². The molecule has 0 atom stereocenters. The maximum Gasteiger partial charge on any atom is 0.243 e. The molecule has 8 aromatic rings. The first-order chi connectivity index (χ1) is 38.7. The highest BCUT2D eigenvalue weighted by atomic mass is 32.2. The second-order valence-electron chi connectivity index (χ2n) is 25.7. The van der Waals surface area contributed by atoms with Crippen LogP contribution in [0.5, 0.6) is 0 Å². The van der Waals surface area contributed by atoms with E-state index in [-0.39, 0.29) is 31.5 Å². The van der Waals surface area contributed by atoms with Gasteiger partial charge in [-0.05, 0) is 141 Å². The number of fused-ring (bicyclic) bond motifs is 1. The van der Waals surface area contributed by atoms with Crippen molar-refractivity contribution in [1.29, 1.82) is 0 Å². The predicted octanol–water partition coefficient (Wildman–Crippen LogP) is 13.8. The average Bonchev–Trinajstić information content (AvgIpc) is 2.13. The molecule has 82 heavy (non-hydrogen) atoms. The van der Waals surface area contributed by atoms with Crippen LogP contribution in [-0.4, -0.2) is 87.2 Å². The molecule has 10 rings (SSSR count). The van der Waals surface area contributed by atoms with E-state index in [1.807, 2.05) is 12.1 Å². The third kappa shape index (κ3) is 12.1. The number of nitrogens with zero attached hydrogens (tertiary/aromatic N) is 4. The minimum absolute atomic E-state index is 0.175. The summed E-state index contributed by atoms with van der Waals surface area (Å²) >= 11 is 0. The molecule has 0 unspecified atom stereocenters. The zero-order valence-electron chi connectivity index (χ0n) is 49.6. The molecule has 2 aromatic heterocycles. The van der Waals surface area contributed by atoms with Crippen LogP contribution in [0.3, 0.4) is 0 Å². The lowest BCUT2D eigenvalue weighted by Gasteiger charge is -2.27. The van der Waals surface area contributed by atoms with Crippen LogP contribution in [0.25, 0.3) is 44.9 Å². The Kier molecular flexibility index (Phi) is 15.8. The molecule has 2 aliphatic rings. The number of ether oxygens (including phenoxy) is 2. The van der Waals surface area contributed by atoms with Crippen molar-refractivity contribution in [3.63, 3.8) is 0 Å². The SMILES string of the molecule is CC(C)(C)c1cc(-n2c(-c3ccccc3C#Cc3ccc(S(=O)(=O)N4CCOCC4)cc3)cc3c2cc(-c2ccccc2C#Cc2ccc(S(=O)(=O)N4CCOCC4)cc2)n3-c2cc(C(C)(C)C)cc(C(C)(C)C)c2)cc(C(C)(C)C)c1. The van der Waals surface area contributed by atoms with Crippen LogP contribution in [0, 0.1) is 23.7 Å². The predicted molar refractivity (Wildman–Crippen MR) is 332 cm³/mol. The van der Waals surface area contributed by atoms with Crippen LogP contribution in [0.4, 0.5) is 0 Å².